The Morgan fingerprint density at radius 3 is 2.58 bits per heavy atom. The second-order valence-corrected chi connectivity index (χ2v) is 5.59. The SMILES string of the molecule is Cc1ccc(NC(=O)c2c([N+](=O)[O-])cc(N(O)O)c3c2N([O-])CN3)cc1. The molecule has 0 bridgehead atoms. The highest BCUT2D eigenvalue weighted by atomic mass is 16.8. The van der Waals surface area contributed by atoms with Gasteiger partial charge in [-0.3, -0.25) is 25.3 Å². The number of anilines is 4. The Bertz CT molecular complexity index is 883. The molecule has 2 aromatic rings. The summed E-state index contributed by atoms with van der Waals surface area (Å²) in [6.07, 6.45) is 0. The van der Waals surface area contributed by atoms with E-state index in [1.54, 1.807) is 24.3 Å². The zero-order valence-corrected chi connectivity index (χ0v) is 13.5. The molecule has 26 heavy (non-hydrogen) atoms. The highest BCUT2D eigenvalue weighted by Gasteiger charge is 2.34. The summed E-state index contributed by atoms with van der Waals surface area (Å²) >= 11 is 0. The lowest BCUT2D eigenvalue weighted by molar-refractivity contribution is -0.385. The molecule has 0 spiro atoms. The van der Waals surface area contributed by atoms with Crippen LogP contribution in [-0.2, 0) is 0 Å². The largest absolute Gasteiger partial charge is 0.757 e. The Labute approximate surface area is 146 Å². The number of nitrogens with one attached hydrogen (secondary N) is 2. The van der Waals surface area contributed by atoms with E-state index in [9.17, 15) is 30.5 Å². The fraction of sp³-hybridized carbons (Fsp3) is 0.133. The number of rotatable bonds is 4. The fourth-order valence-corrected chi connectivity index (χ4v) is 2.65. The Morgan fingerprint density at radius 1 is 1.35 bits per heavy atom. The number of nitro benzene ring substituents is 1. The molecule has 0 saturated carbocycles. The number of amides is 1. The van der Waals surface area contributed by atoms with Gasteiger partial charge in [0.05, 0.1) is 23.0 Å². The van der Waals surface area contributed by atoms with Crippen molar-refractivity contribution in [2.24, 2.45) is 0 Å². The van der Waals surface area contributed by atoms with Crippen molar-refractivity contribution in [2.75, 3.05) is 27.6 Å². The molecular formula is C15H14N5O6-. The van der Waals surface area contributed by atoms with Crippen LogP contribution in [0, 0.1) is 22.2 Å². The lowest BCUT2D eigenvalue weighted by atomic mass is 10.1. The first-order chi connectivity index (χ1) is 12.3. The molecule has 136 valence electrons. The minimum Gasteiger partial charge on any atom is -0.757 e. The summed E-state index contributed by atoms with van der Waals surface area (Å²) in [4.78, 5) is 23.2. The molecule has 0 radical (unpaired) electrons. The molecule has 1 amide bonds. The average molecular weight is 360 g/mol. The average Bonchev–Trinajstić information content (AvgIpc) is 2.97. The van der Waals surface area contributed by atoms with Gasteiger partial charge in [0.25, 0.3) is 11.6 Å². The van der Waals surface area contributed by atoms with E-state index in [-0.39, 0.29) is 23.3 Å². The molecule has 11 heteroatoms. The van der Waals surface area contributed by atoms with Crippen molar-refractivity contribution in [3.8, 4) is 0 Å². The minimum atomic E-state index is -0.872. The maximum absolute atomic E-state index is 12.7. The number of nitrogens with zero attached hydrogens (tertiary/aromatic N) is 3. The van der Waals surface area contributed by atoms with Crippen LogP contribution in [0.15, 0.2) is 30.3 Å². The van der Waals surface area contributed by atoms with Gasteiger partial charge in [0.1, 0.15) is 11.3 Å². The van der Waals surface area contributed by atoms with Gasteiger partial charge in [-0.1, -0.05) is 17.7 Å². The van der Waals surface area contributed by atoms with Gasteiger partial charge in [-0.2, -0.15) is 0 Å². The molecular weight excluding hydrogens is 346 g/mol. The van der Waals surface area contributed by atoms with Crippen LogP contribution >= 0.6 is 0 Å². The molecule has 2 aromatic carbocycles. The molecule has 11 nitrogen and oxygen atoms in total. The maximum atomic E-state index is 12.7. The predicted molar refractivity (Wildman–Crippen MR) is 92.6 cm³/mol. The first-order valence-electron chi connectivity index (χ1n) is 7.39. The van der Waals surface area contributed by atoms with Gasteiger partial charge < -0.3 is 20.9 Å². The molecule has 0 unspecified atom stereocenters. The number of aryl methyl sites for hydroxylation is 1. The van der Waals surface area contributed by atoms with E-state index in [1.165, 1.54) is 0 Å². The van der Waals surface area contributed by atoms with Crippen molar-refractivity contribution < 1.29 is 20.1 Å². The lowest BCUT2D eigenvalue weighted by Gasteiger charge is -2.26. The molecule has 0 aliphatic carbocycles. The summed E-state index contributed by atoms with van der Waals surface area (Å²) in [5.74, 6) is -0.865. The zero-order chi connectivity index (χ0) is 19.0. The Hall–Kier alpha value is -3.41. The van der Waals surface area contributed by atoms with Crippen molar-refractivity contribution in [3.63, 3.8) is 0 Å². The Morgan fingerprint density at radius 2 is 2.00 bits per heavy atom. The van der Waals surface area contributed by atoms with E-state index < -0.39 is 27.8 Å². The maximum Gasteiger partial charge on any atom is 0.286 e. The van der Waals surface area contributed by atoms with Gasteiger partial charge in [-0.25, -0.2) is 0 Å². The highest BCUT2D eigenvalue weighted by molar-refractivity contribution is 6.15. The summed E-state index contributed by atoms with van der Waals surface area (Å²) in [6.45, 7) is 1.56. The fourth-order valence-electron chi connectivity index (χ4n) is 2.65. The second-order valence-electron chi connectivity index (χ2n) is 5.59. The van der Waals surface area contributed by atoms with Crippen molar-refractivity contribution in [1.29, 1.82) is 0 Å². The monoisotopic (exact) mass is 360 g/mol. The molecule has 1 heterocycles. The van der Waals surface area contributed by atoms with Gasteiger partial charge in [0.2, 0.25) is 0 Å². The van der Waals surface area contributed by atoms with Crippen LogP contribution in [0.5, 0.6) is 0 Å². The third-order valence-corrected chi connectivity index (χ3v) is 3.86. The lowest BCUT2D eigenvalue weighted by Crippen LogP contribution is -2.20. The highest BCUT2D eigenvalue weighted by Crippen LogP contribution is 2.46. The molecule has 0 atom stereocenters. The number of nitro groups is 1. The van der Waals surface area contributed by atoms with Crippen molar-refractivity contribution in [3.05, 3.63) is 56.8 Å². The normalized spacial score (nSPS) is 12.4. The van der Waals surface area contributed by atoms with Crippen LogP contribution in [0.1, 0.15) is 15.9 Å². The molecule has 3 rings (SSSR count). The molecule has 1 aliphatic rings. The molecule has 4 N–H and O–H groups in total. The Balaban J connectivity index is 2.13. The van der Waals surface area contributed by atoms with E-state index >= 15 is 0 Å². The molecule has 0 aromatic heterocycles. The van der Waals surface area contributed by atoms with E-state index in [0.717, 1.165) is 11.6 Å². The van der Waals surface area contributed by atoms with Crippen LogP contribution in [0.3, 0.4) is 0 Å². The van der Waals surface area contributed by atoms with Gasteiger partial charge in [0, 0.05) is 11.8 Å². The van der Waals surface area contributed by atoms with Gasteiger partial charge in [-0.15, -0.1) is 5.23 Å². The summed E-state index contributed by atoms with van der Waals surface area (Å²) in [5.41, 5.74) is -0.715. The smallest absolute Gasteiger partial charge is 0.286 e. The van der Waals surface area contributed by atoms with Gasteiger partial charge in [0.15, 0.2) is 0 Å². The summed E-state index contributed by atoms with van der Waals surface area (Å²) in [6, 6.07) is 7.52. The minimum absolute atomic E-state index is 0.0929. The number of carbonyl (C=O) groups is 1. The first kappa shape index (κ1) is 17.4. The number of hydroxylamine groups is 1. The zero-order valence-electron chi connectivity index (χ0n) is 13.5. The number of fused-ring (bicyclic) bond motifs is 1. The van der Waals surface area contributed by atoms with Crippen molar-refractivity contribution in [1.82, 2.24) is 0 Å². The third kappa shape index (κ3) is 2.97. The number of hydrogen-bond donors (Lipinski definition) is 4. The second kappa shape index (κ2) is 6.48. The van der Waals surface area contributed by atoms with Crippen molar-refractivity contribution in [2.45, 2.75) is 6.92 Å². The van der Waals surface area contributed by atoms with E-state index in [4.69, 9.17) is 0 Å². The van der Waals surface area contributed by atoms with Crippen LogP contribution in [-0.4, -0.2) is 27.9 Å². The van der Waals surface area contributed by atoms with Crippen LogP contribution in [0.25, 0.3) is 0 Å². The van der Waals surface area contributed by atoms with Gasteiger partial charge >= 0.3 is 0 Å². The van der Waals surface area contributed by atoms with E-state index in [2.05, 4.69) is 10.6 Å². The van der Waals surface area contributed by atoms with Crippen molar-refractivity contribution >= 4 is 34.3 Å². The summed E-state index contributed by atoms with van der Waals surface area (Å²) in [7, 11) is 0. The van der Waals surface area contributed by atoms with Crippen LogP contribution < -0.4 is 20.9 Å². The first-order valence-corrected chi connectivity index (χ1v) is 7.39. The topological polar surface area (TPSA) is 154 Å². The standard InChI is InChI=1S/C15H14N5O6/c1-8-2-4-9(5-3-8)17-15(21)12-10(19(23)24)6-11(20(25)26)13-14(12)18(22)7-16-13/h2-6,16,25-26H,7H2,1H3,(H,17,21)/q-1. The van der Waals surface area contributed by atoms with E-state index in [0.29, 0.717) is 10.8 Å². The molecule has 1 aliphatic heterocycles. The number of carbonyl (C=O) groups excluding carboxylic acids is 1. The number of hydrogen-bond acceptors (Lipinski definition) is 9. The van der Waals surface area contributed by atoms with Crippen LogP contribution in [0.2, 0.25) is 0 Å². The molecule has 0 fully saturated rings. The molecule has 0 saturated heterocycles. The number of benzene rings is 2. The Kier molecular flexibility index (Phi) is 4.34. The summed E-state index contributed by atoms with van der Waals surface area (Å²) in [5, 5.41) is 47.1. The predicted octanol–water partition coefficient (Wildman–Crippen LogP) is 2.43. The summed E-state index contributed by atoms with van der Waals surface area (Å²) < 4.78 is 0. The third-order valence-electron chi connectivity index (χ3n) is 3.86. The van der Waals surface area contributed by atoms with E-state index in [1.807, 2.05) is 6.92 Å². The van der Waals surface area contributed by atoms with Crippen LogP contribution in [0.4, 0.5) is 28.4 Å². The quantitative estimate of drug-likeness (QED) is 0.475. The van der Waals surface area contributed by atoms with Gasteiger partial charge in [-0.05, 0) is 19.1 Å².